The molecule has 0 saturated carbocycles. The minimum absolute atomic E-state index is 0. The maximum absolute atomic E-state index is 8.88. The van der Waals surface area contributed by atoms with Gasteiger partial charge in [-0.1, -0.05) is 0 Å². The minimum Gasteiger partial charge on any atom is -0.412 e. The standard InChI is InChI=1S/Ca.H3O4P.H2O.2H2/c;1-5(2,3)4;;;/h;(H3,1,2,3,4);1H2;2*1H. The van der Waals surface area contributed by atoms with Gasteiger partial charge in [0.15, 0.2) is 0 Å². The summed E-state index contributed by atoms with van der Waals surface area (Å²) in [6.07, 6.45) is 0. The Labute approximate surface area is 72.9 Å². The van der Waals surface area contributed by atoms with E-state index in [1.165, 1.54) is 0 Å². The molecule has 0 amide bonds. The number of hydrogen-bond acceptors (Lipinski definition) is 1. The van der Waals surface area contributed by atoms with E-state index in [9.17, 15) is 0 Å². The van der Waals surface area contributed by atoms with E-state index in [0.29, 0.717) is 0 Å². The van der Waals surface area contributed by atoms with Crippen LogP contribution in [0.3, 0.4) is 0 Å². The monoisotopic (exact) mass is 160 g/mol. The van der Waals surface area contributed by atoms with Crippen LogP contribution in [-0.4, -0.2) is 57.9 Å². The average Bonchev–Trinajstić information content (AvgIpc) is 0.722. The van der Waals surface area contributed by atoms with Crippen LogP contribution in [0.1, 0.15) is 2.85 Å². The smallest absolute Gasteiger partial charge is 0.412 e. The Hall–Kier alpha value is 1.33. The van der Waals surface area contributed by atoms with Crippen LogP contribution in [0, 0.1) is 0 Å². The molecule has 0 aromatic carbocycles. The molecule has 2 radical (unpaired) electrons. The maximum atomic E-state index is 8.88. The van der Waals surface area contributed by atoms with E-state index >= 15 is 0 Å². The molecule has 0 bridgehead atoms. The third-order valence-corrected chi connectivity index (χ3v) is 0. The molecule has 46 valence electrons. The Morgan fingerprint density at radius 3 is 1.29 bits per heavy atom. The van der Waals surface area contributed by atoms with Crippen LogP contribution in [0.5, 0.6) is 0 Å². The van der Waals surface area contributed by atoms with Crippen LogP contribution < -0.4 is 0 Å². The summed E-state index contributed by atoms with van der Waals surface area (Å²) in [5.41, 5.74) is 0. The molecule has 7 heteroatoms. The van der Waals surface area contributed by atoms with E-state index in [1.807, 2.05) is 0 Å². The predicted octanol–water partition coefficient (Wildman–Crippen LogP) is -1.64. The summed E-state index contributed by atoms with van der Waals surface area (Å²) in [6, 6.07) is 0. The van der Waals surface area contributed by atoms with Crippen LogP contribution in [0.2, 0.25) is 0 Å². The molecule has 0 atom stereocenters. The molecule has 7 heavy (non-hydrogen) atoms. The molecule has 5 nitrogen and oxygen atoms in total. The van der Waals surface area contributed by atoms with Crippen molar-refractivity contribution in [2.24, 2.45) is 0 Å². The molecule has 0 saturated heterocycles. The molecule has 0 rings (SSSR count). The van der Waals surface area contributed by atoms with Gasteiger partial charge in [0, 0.05) is 40.6 Å². The first kappa shape index (κ1) is 15.8. The Morgan fingerprint density at radius 1 is 1.29 bits per heavy atom. The summed E-state index contributed by atoms with van der Waals surface area (Å²) in [5, 5.41) is 0. The second-order valence-corrected chi connectivity index (χ2v) is 1.54. The van der Waals surface area contributed by atoms with Gasteiger partial charge in [0.1, 0.15) is 0 Å². The zero-order valence-electron chi connectivity index (χ0n) is 3.40. The van der Waals surface area contributed by atoms with E-state index in [2.05, 4.69) is 0 Å². The summed E-state index contributed by atoms with van der Waals surface area (Å²) in [6.45, 7) is 0. The van der Waals surface area contributed by atoms with Gasteiger partial charge in [-0.2, -0.15) is 0 Å². The second kappa shape index (κ2) is 5.47. The third-order valence-electron chi connectivity index (χ3n) is 0. The third kappa shape index (κ3) is 118. The van der Waals surface area contributed by atoms with Gasteiger partial charge in [-0.15, -0.1) is 0 Å². The van der Waals surface area contributed by atoms with Crippen molar-refractivity contribution < 1.29 is 27.6 Å². The molecule has 0 unspecified atom stereocenters. The van der Waals surface area contributed by atoms with Crippen LogP contribution in [0.25, 0.3) is 0 Å². The van der Waals surface area contributed by atoms with Crippen LogP contribution >= 0.6 is 7.82 Å². The molecule has 5 N–H and O–H groups in total. The Morgan fingerprint density at radius 2 is 1.29 bits per heavy atom. The fourth-order valence-electron chi connectivity index (χ4n) is 0. The van der Waals surface area contributed by atoms with Crippen molar-refractivity contribution in [3.05, 3.63) is 0 Å². The molecular formula is H9CaO5P. The van der Waals surface area contributed by atoms with Gasteiger partial charge in [0.25, 0.3) is 0 Å². The summed E-state index contributed by atoms with van der Waals surface area (Å²) < 4.78 is 8.88. The predicted molar refractivity (Wildman–Crippen MR) is 27.9 cm³/mol. The zero-order chi connectivity index (χ0) is 4.50. The fraction of sp³-hybridized carbons (Fsp3) is 0. The maximum Gasteiger partial charge on any atom is 0.466 e. The van der Waals surface area contributed by atoms with E-state index in [4.69, 9.17) is 19.2 Å². The molecule has 0 aromatic rings. The van der Waals surface area contributed by atoms with Gasteiger partial charge < -0.3 is 20.2 Å². The SMILES string of the molecule is O.O=P(O)(O)O.[Ca].[HH].[HH]. The van der Waals surface area contributed by atoms with Crippen molar-refractivity contribution in [1.29, 1.82) is 0 Å². The summed E-state index contributed by atoms with van der Waals surface area (Å²) in [7, 11) is -4.64. The number of hydrogen-bond donors (Lipinski definition) is 3. The molecule has 0 fully saturated rings. The molecule has 0 aliphatic carbocycles. The van der Waals surface area contributed by atoms with Crippen molar-refractivity contribution in [3.63, 3.8) is 0 Å². The van der Waals surface area contributed by atoms with Crippen molar-refractivity contribution >= 4 is 45.6 Å². The molecule has 0 spiro atoms. The quantitative estimate of drug-likeness (QED) is 0.291. The van der Waals surface area contributed by atoms with E-state index in [-0.39, 0.29) is 46.1 Å². The van der Waals surface area contributed by atoms with Gasteiger partial charge in [0.2, 0.25) is 0 Å². The van der Waals surface area contributed by atoms with Crippen LogP contribution in [0.15, 0.2) is 0 Å². The van der Waals surface area contributed by atoms with Gasteiger partial charge in [0.05, 0.1) is 0 Å². The normalized spacial score (nSPS) is 8.43. The first-order chi connectivity index (χ1) is 2.00. The Kier molecular flexibility index (Phi) is 12.3. The van der Waals surface area contributed by atoms with Crippen LogP contribution in [0.4, 0.5) is 0 Å². The molecular weight excluding hydrogens is 151 g/mol. The van der Waals surface area contributed by atoms with Crippen molar-refractivity contribution in [2.45, 2.75) is 0 Å². The number of rotatable bonds is 0. The fourth-order valence-corrected chi connectivity index (χ4v) is 0. The largest absolute Gasteiger partial charge is 0.466 e. The molecule has 0 heterocycles. The first-order valence-corrected chi connectivity index (χ1v) is 2.35. The van der Waals surface area contributed by atoms with E-state index in [0.717, 1.165) is 0 Å². The van der Waals surface area contributed by atoms with Crippen molar-refractivity contribution in [3.8, 4) is 0 Å². The van der Waals surface area contributed by atoms with E-state index < -0.39 is 7.82 Å². The van der Waals surface area contributed by atoms with Crippen LogP contribution in [-0.2, 0) is 4.57 Å². The van der Waals surface area contributed by atoms with Crippen molar-refractivity contribution in [1.82, 2.24) is 0 Å². The van der Waals surface area contributed by atoms with Gasteiger partial charge in [-0.3, -0.25) is 0 Å². The Balaban J connectivity index is -0.0000000133. The van der Waals surface area contributed by atoms with Gasteiger partial charge in [-0.05, 0) is 0 Å². The first-order valence-electron chi connectivity index (χ1n) is 0.783. The Bertz CT molecular complexity index is 61.1. The molecule has 0 aromatic heterocycles. The summed E-state index contributed by atoms with van der Waals surface area (Å²) in [4.78, 5) is 21.6. The average molecular weight is 160 g/mol. The zero-order valence-corrected chi connectivity index (χ0v) is 6.51. The summed E-state index contributed by atoms with van der Waals surface area (Å²) in [5.74, 6) is 0. The molecule has 0 aliphatic rings. The minimum atomic E-state index is -4.64. The van der Waals surface area contributed by atoms with Gasteiger partial charge in [-0.25, -0.2) is 4.57 Å². The van der Waals surface area contributed by atoms with E-state index in [1.54, 1.807) is 0 Å². The molecule has 0 aliphatic heterocycles. The second-order valence-electron chi connectivity index (χ2n) is 0.513. The number of phosphoric acid groups is 1. The topological polar surface area (TPSA) is 109 Å². The van der Waals surface area contributed by atoms with Crippen molar-refractivity contribution in [2.75, 3.05) is 0 Å². The van der Waals surface area contributed by atoms with Gasteiger partial charge >= 0.3 is 7.82 Å². The summed E-state index contributed by atoms with van der Waals surface area (Å²) >= 11 is 0.